The predicted molar refractivity (Wildman–Crippen MR) is 198 cm³/mol. The molecule has 0 aliphatic heterocycles. The summed E-state index contributed by atoms with van der Waals surface area (Å²) in [5.41, 5.74) is 9.43. The van der Waals surface area contributed by atoms with E-state index in [-0.39, 0.29) is 0 Å². The molecule has 0 radical (unpaired) electrons. The molecule has 9 rings (SSSR count). The first-order chi connectivity index (χ1) is 24.3. The van der Waals surface area contributed by atoms with Crippen LogP contribution in [0.4, 0.5) is 0 Å². The zero-order chi connectivity index (χ0) is 32.6. The molecule has 230 valence electrons. The first kappa shape index (κ1) is 28.5. The average molecular weight is 629 g/mol. The zero-order valence-corrected chi connectivity index (χ0v) is 26.4. The van der Waals surface area contributed by atoms with E-state index in [1.807, 2.05) is 103 Å². The fraction of sp³-hybridized carbons (Fsp3) is 0. The van der Waals surface area contributed by atoms with E-state index in [1.54, 1.807) is 0 Å². The minimum atomic E-state index is 0.596. The third kappa shape index (κ3) is 5.33. The van der Waals surface area contributed by atoms with Crippen molar-refractivity contribution in [3.63, 3.8) is 0 Å². The molecular weight excluding hydrogens is 601 g/mol. The summed E-state index contributed by atoms with van der Waals surface area (Å²) >= 11 is 0. The van der Waals surface area contributed by atoms with Crippen molar-refractivity contribution < 1.29 is 4.42 Å². The number of oxazole rings is 1. The number of para-hydroxylation sites is 1. The van der Waals surface area contributed by atoms with Gasteiger partial charge in [0.25, 0.3) is 0 Å². The molecule has 0 N–H and O–H groups in total. The van der Waals surface area contributed by atoms with Crippen molar-refractivity contribution in [3.8, 4) is 67.9 Å². The molecule has 0 bridgehead atoms. The van der Waals surface area contributed by atoms with E-state index in [0.29, 0.717) is 23.4 Å². The highest BCUT2D eigenvalue weighted by Gasteiger charge is 2.19. The summed E-state index contributed by atoms with van der Waals surface area (Å²) in [6.07, 6.45) is 0. The van der Waals surface area contributed by atoms with Gasteiger partial charge in [-0.3, -0.25) is 0 Å². The fourth-order valence-corrected chi connectivity index (χ4v) is 6.41. The molecule has 0 unspecified atom stereocenters. The van der Waals surface area contributed by atoms with Gasteiger partial charge in [0.1, 0.15) is 5.52 Å². The van der Waals surface area contributed by atoms with E-state index in [0.717, 1.165) is 61.0 Å². The Balaban J connectivity index is 1.28. The summed E-state index contributed by atoms with van der Waals surface area (Å²) in [6, 6.07) is 57.7. The Morgan fingerprint density at radius 2 is 0.898 bits per heavy atom. The molecule has 0 saturated heterocycles. The van der Waals surface area contributed by atoms with Gasteiger partial charge >= 0.3 is 0 Å². The van der Waals surface area contributed by atoms with Crippen LogP contribution in [0.25, 0.3) is 89.7 Å². The van der Waals surface area contributed by atoms with Crippen LogP contribution in [0.1, 0.15) is 0 Å². The molecule has 0 atom stereocenters. The standard InChI is InChI=1S/C44H28N4O/c1-4-15-30(16-5-1)41-46-42(31-17-6-2-7-18-31)48-43(47-41)33-26-27-36(38(28-33)35-23-12-21-29-14-10-11-22-34(29)35)37-24-13-25-39-40(37)45-44(49-39)32-19-8-3-9-20-32/h1-28H. The van der Waals surface area contributed by atoms with E-state index >= 15 is 0 Å². The van der Waals surface area contributed by atoms with Crippen molar-refractivity contribution >= 4 is 21.9 Å². The van der Waals surface area contributed by atoms with Gasteiger partial charge in [-0.1, -0.05) is 146 Å². The van der Waals surface area contributed by atoms with E-state index < -0.39 is 0 Å². The van der Waals surface area contributed by atoms with Crippen LogP contribution in [-0.4, -0.2) is 19.9 Å². The van der Waals surface area contributed by atoms with Crippen LogP contribution in [-0.2, 0) is 0 Å². The summed E-state index contributed by atoms with van der Waals surface area (Å²) in [5, 5.41) is 2.33. The molecule has 9 aromatic rings. The molecule has 0 saturated carbocycles. The Labute approximate surface area is 283 Å². The van der Waals surface area contributed by atoms with Crippen molar-refractivity contribution in [2.75, 3.05) is 0 Å². The molecule has 5 nitrogen and oxygen atoms in total. The number of benzene rings is 7. The summed E-state index contributed by atoms with van der Waals surface area (Å²) in [4.78, 5) is 20.0. The zero-order valence-electron chi connectivity index (χ0n) is 26.4. The Hall–Kier alpha value is -6.72. The second kappa shape index (κ2) is 12.1. The van der Waals surface area contributed by atoms with Gasteiger partial charge in [0.2, 0.25) is 5.89 Å². The number of hydrogen-bond donors (Lipinski definition) is 0. The maximum absolute atomic E-state index is 6.30. The molecule has 2 aromatic heterocycles. The molecule has 5 heteroatoms. The van der Waals surface area contributed by atoms with E-state index in [1.165, 1.54) is 5.39 Å². The number of fused-ring (bicyclic) bond motifs is 2. The molecule has 0 amide bonds. The summed E-state index contributed by atoms with van der Waals surface area (Å²) in [5.74, 6) is 2.45. The van der Waals surface area contributed by atoms with Gasteiger partial charge in [-0.25, -0.2) is 19.9 Å². The van der Waals surface area contributed by atoms with Gasteiger partial charge in [0.15, 0.2) is 23.1 Å². The maximum Gasteiger partial charge on any atom is 0.227 e. The van der Waals surface area contributed by atoms with Crippen molar-refractivity contribution in [1.82, 2.24) is 19.9 Å². The minimum absolute atomic E-state index is 0.596. The number of nitrogens with zero attached hydrogens (tertiary/aromatic N) is 4. The SMILES string of the molecule is c1ccc(-c2nc(-c3ccccc3)nc(-c3ccc(-c4cccc5oc(-c6ccccc6)nc45)c(-c4cccc5ccccc45)c3)n2)cc1. The fourth-order valence-electron chi connectivity index (χ4n) is 6.41. The first-order valence-electron chi connectivity index (χ1n) is 16.2. The second-order valence-corrected chi connectivity index (χ2v) is 11.9. The van der Waals surface area contributed by atoms with Crippen LogP contribution in [0.3, 0.4) is 0 Å². The van der Waals surface area contributed by atoms with E-state index in [4.69, 9.17) is 24.4 Å². The Kier molecular flexibility index (Phi) is 7.06. The largest absolute Gasteiger partial charge is 0.436 e. The lowest BCUT2D eigenvalue weighted by Gasteiger charge is -2.15. The third-order valence-electron chi connectivity index (χ3n) is 8.79. The monoisotopic (exact) mass is 628 g/mol. The lowest BCUT2D eigenvalue weighted by molar-refractivity contribution is 0.620. The van der Waals surface area contributed by atoms with Crippen LogP contribution >= 0.6 is 0 Å². The van der Waals surface area contributed by atoms with Gasteiger partial charge in [0.05, 0.1) is 0 Å². The average Bonchev–Trinajstić information content (AvgIpc) is 3.63. The highest BCUT2D eigenvalue weighted by molar-refractivity contribution is 6.04. The van der Waals surface area contributed by atoms with Gasteiger partial charge in [-0.15, -0.1) is 0 Å². The third-order valence-corrected chi connectivity index (χ3v) is 8.79. The Bertz CT molecular complexity index is 2530. The number of aromatic nitrogens is 4. The van der Waals surface area contributed by atoms with Gasteiger partial charge < -0.3 is 4.42 Å². The predicted octanol–water partition coefficient (Wildman–Crippen LogP) is 11.2. The lowest BCUT2D eigenvalue weighted by atomic mass is 9.89. The van der Waals surface area contributed by atoms with E-state index in [2.05, 4.69) is 66.7 Å². The summed E-state index contributed by atoms with van der Waals surface area (Å²) in [6.45, 7) is 0. The van der Waals surface area contributed by atoms with Crippen molar-refractivity contribution in [3.05, 3.63) is 170 Å². The second-order valence-electron chi connectivity index (χ2n) is 11.9. The Morgan fingerprint density at radius 3 is 1.59 bits per heavy atom. The van der Waals surface area contributed by atoms with Crippen LogP contribution in [0.2, 0.25) is 0 Å². The molecule has 0 spiro atoms. The molecular formula is C44H28N4O. The molecule has 0 aliphatic carbocycles. The van der Waals surface area contributed by atoms with Gasteiger partial charge in [-0.2, -0.15) is 0 Å². The topological polar surface area (TPSA) is 64.7 Å². The number of hydrogen-bond acceptors (Lipinski definition) is 5. The quantitative estimate of drug-likeness (QED) is 0.183. The molecule has 7 aromatic carbocycles. The summed E-state index contributed by atoms with van der Waals surface area (Å²) in [7, 11) is 0. The molecule has 2 heterocycles. The van der Waals surface area contributed by atoms with Gasteiger partial charge in [0, 0.05) is 27.8 Å². The lowest BCUT2D eigenvalue weighted by Crippen LogP contribution is -2.00. The van der Waals surface area contributed by atoms with Crippen LogP contribution in [0.5, 0.6) is 0 Å². The minimum Gasteiger partial charge on any atom is -0.436 e. The Morgan fingerprint density at radius 1 is 0.347 bits per heavy atom. The smallest absolute Gasteiger partial charge is 0.227 e. The van der Waals surface area contributed by atoms with Crippen LogP contribution in [0.15, 0.2) is 174 Å². The van der Waals surface area contributed by atoms with Crippen molar-refractivity contribution in [2.24, 2.45) is 0 Å². The number of rotatable bonds is 6. The summed E-state index contributed by atoms with van der Waals surface area (Å²) < 4.78 is 6.30. The highest BCUT2D eigenvalue weighted by Crippen LogP contribution is 2.41. The molecule has 0 aliphatic rings. The maximum atomic E-state index is 6.30. The van der Waals surface area contributed by atoms with Crippen LogP contribution < -0.4 is 0 Å². The normalized spacial score (nSPS) is 11.3. The van der Waals surface area contributed by atoms with E-state index in [9.17, 15) is 0 Å². The van der Waals surface area contributed by atoms with Crippen molar-refractivity contribution in [1.29, 1.82) is 0 Å². The van der Waals surface area contributed by atoms with Crippen LogP contribution in [0, 0.1) is 0 Å². The highest BCUT2D eigenvalue weighted by atomic mass is 16.3. The first-order valence-corrected chi connectivity index (χ1v) is 16.2. The molecule has 49 heavy (non-hydrogen) atoms. The molecule has 0 fully saturated rings. The van der Waals surface area contributed by atoms with Gasteiger partial charge in [-0.05, 0) is 51.7 Å². The van der Waals surface area contributed by atoms with Crippen molar-refractivity contribution in [2.45, 2.75) is 0 Å².